The van der Waals surface area contributed by atoms with Crippen LogP contribution in [0.2, 0.25) is 0 Å². The Balaban J connectivity index is 1.05. The molecule has 2 nitrogen and oxygen atoms in total. The number of fused-ring (bicyclic) bond motifs is 6. The van der Waals surface area contributed by atoms with E-state index in [2.05, 4.69) is 254 Å². The molecule has 1 fully saturated rings. The van der Waals surface area contributed by atoms with Crippen molar-refractivity contribution in [1.82, 2.24) is 0 Å². The Morgan fingerprint density at radius 1 is 0.386 bits per heavy atom. The first kappa shape index (κ1) is 41.1. The largest absolute Gasteiger partial charge is 0.310 e. The zero-order chi connectivity index (χ0) is 46.6. The molecule has 0 aliphatic heterocycles. The topological polar surface area (TPSA) is 6.48 Å². The smallest absolute Gasteiger partial charge is 0.0546 e. The summed E-state index contributed by atoms with van der Waals surface area (Å²) < 4.78 is 0. The van der Waals surface area contributed by atoms with E-state index in [1.165, 1.54) is 124 Å². The Labute approximate surface area is 412 Å². The Morgan fingerprint density at radius 3 is 1.60 bits per heavy atom. The molecule has 0 amide bonds. The molecule has 336 valence electrons. The Bertz CT molecular complexity index is 3600. The van der Waals surface area contributed by atoms with E-state index in [9.17, 15) is 0 Å². The van der Waals surface area contributed by atoms with Crippen LogP contribution in [-0.4, -0.2) is 0 Å². The lowest BCUT2D eigenvalue weighted by Crippen LogP contribution is -2.34. The van der Waals surface area contributed by atoms with Gasteiger partial charge in [-0.25, -0.2) is 0 Å². The summed E-state index contributed by atoms with van der Waals surface area (Å²) in [6, 6.07) is 86.9. The maximum Gasteiger partial charge on any atom is 0.0546 e. The third-order valence-corrected chi connectivity index (χ3v) is 16.9. The SMILES string of the molecule is CC1(C)c2ccccc2-c2ccc(N(c3cccc4c3C35c6c(cccc6N(c6ccccc6)c6ccccc6)CC3CCC5C4)c3ccc4ccccc4c3-c3ccc(-c4ccccc4)cc3)cc21. The molecule has 10 aromatic carbocycles. The molecular weight excluding hydrogens is 845 g/mol. The van der Waals surface area contributed by atoms with Gasteiger partial charge >= 0.3 is 0 Å². The minimum absolute atomic E-state index is 0.163. The van der Waals surface area contributed by atoms with Crippen molar-refractivity contribution in [2.45, 2.75) is 50.4 Å². The summed E-state index contributed by atoms with van der Waals surface area (Å²) in [5, 5.41) is 2.49. The predicted molar refractivity (Wildman–Crippen MR) is 293 cm³/mol. The number of hydrogen-bond acceptors (Lipinski definition) is 2. The van der Waals surface area contributed by atoms with Gasteiger partial charge in [0, 0.05) is 33.5 Å². The maximum absolute atomic E-state index is 2.70. The van der Waals surface area contributed by atoms with E-state index in [-0.39, 0.29) is 10.8 Å². The average Bonchev–Trinajstić information content (AvgIpc) is 4.11. The maximum atomic E-state index is 2.70. The van der Waals surface area contributed by atoms with Gasteiger partial charge in [0.05, 0.1) is 17.1 Å². The molecule has 70 heavy (non-hydrogen) atoms. The van der Waals surface area contributed by atoms with Crippen molar-refractivity contribution < 1.29 is 0 Å². The van der Waals surface area contributed by atoms with Gasteiger partial charge in [-0.1, -0.05) is 190 Å². The second-order valence-corrected chi connectivity index (χ2v) is 20.7. The zero-order valence-electron chi connectivity index (χ0n) is 39.8. The van der Waals surface area contributed by atoms with Crippen molar-refractivity contribution in [3.05, 3.63) is 264 Å². The number of nitrogens with zero attached hydrogens (tertiary/aromatic N) is 2. The van der Waals surface area contributed by atoms with Gasteiger partial charge in [-0.15, -0.1) is 0 Å². The fourth-order valence-corrected chi connectivity index (χ4v) is 14.1. The lowest BCUT2D eigenvalue weighted by atomic mass is 9.68. The number of para-hydroxylation sites is 2. The monoisotopic (exact) mass is 898 g/mol. The molecule has 0 radical (unpaired) electrons. The summed E-state index contributed by atoms with van der Waals surface area (Å²) in [5.74, 6) is 0.975. The van der Waals surface area contributed by atoms with Crippen LogP contribution >= 0.6 is 0 Å². The molecule has 0 bridgehead atoms. The molecule has 1 saturated carbocycles. The van der Waals surface area contributed by atoms with Crippen LogP contribution in [0.15, 0.2) is 231 Å². The second kappa shape index (κ2) is 15.8. The minimum atomic E-state index is -0.182. The Kier molecular flexibility index (Phi) is 9.27. The highest BCUT2D eigenvalue weighted by molar-refractivity contribution is 6.06. The van der Waals surface area contributed by atoms with Crippen molar-refractivity contribution in [3.63, 3.8) is 0 Å². The van der Waals surface area contributed by atoms with Crippen molar-refractivity contribution in [2.24, 2.45) is 11.8 Å². The molecule has 1 spiro atoms. The van der Waals surface area contributed by atoms with Crippen molar-refractivity contribution in [1.29, 1.82) is 0 Å². The number of hydrogen-bond donors (Lipinski definition) is 0. The van der Waals surface area contributed by atoms with Gasteiger partial charge in [0.15, 0.2) is 0 Å². The van der Waals surface area contributed by atoms with Gasteiger partial charge < -0.3 is 9.80 Å². The molecule has 0 N–H and O–H groups in total. The summed E-state index contributed by atoms with van der Waals surface area (Å²) in [6.45, 7) is 4.83. The number of benzene rings is 10. The molecule has 3 atom stereocenters. The molecule has 10 aromatic rings. The summed E-state index contributed by atoms with van der Waals surface area (Å²) in [7, 11) is 0. The van der Waals surface area contributed by atoms with E-state index in [1.807, 2.05) is 0 Å². The molecule has 14 rings (SSSR count). The quantitative estimate of drug-likeness (QED) is 0.150. The molecule has 0 aromatic heterocycles. The van der Waals surface area contributed by atoms with E-state index in [0.717, 1.165) is 12.8 Å². The van der Waals surface area contributed by atoms with E-state index in [4.69, 9.17) is 0 Å². The van der Waals surface area contributed by atoms with E-state index in [0.29, 0.717) is 11.8 Å². The summed E-state index contributed by atoms with van der Waals surface area (Å²) in [4.78, 5) is 5.24. The van der Waals surface area contributed by atoms with Crippen LogP contribution in [0, 0.1) is 11.8 Å². The molecule has 4 aliphatic carbocycles. The average molecular weight is 899 g/mol. The fraction of sp³-hybridized carbons (Fsp3) is 0.147. The van der Waals surface area contributed by atoms with Gasteiger partial charge in [0.1, 0.15) is 0 Å². The fourth-order valence-electron chi connectivity index (χ4n) is 14.1. The summed E-state index contributed by atoms with van der Waals surface area (Å²) >= 11 is 0. The Hall–Kier alpha value is -7.94. The summed E-state index contributed by atoms with van der Waals surface area (Å²) in [5.41, 5.74) is 23.4. The van der Waals surface area contributed by atoms with Crippen molar-refractivity contribution in [3.8, 4) is 33.4 Å². The van der Waals surface area contributed by atoms with Gasteiger partial charge in [0.2, 0.25) is 0 Å². The molecule has 4 aliphatic rings. The second-order valence-electron chi connectivity index (χ2n) is 20.7. The predicted octanol–water partition coefficient (Wildman–Crippen LogP) is 17.8. The van der Waals surface area contributed by atoms with Crippen LogP contribution in [0.1, 0.15) is 60.1 Å². The number of rotatable bonds is 8. The lowest BCUT2D eigenvalue weighted by molar-refractivity contribution is 0.350. The first-order valence-corrected chi connectivity index (χ1v) is 25.4. The van der Waals surface area contributed by atoms with Crippen LogP contribution in [-0.2, 0) is 23.7 Å². The van der Waals surface area contributed by atoms with Crippen LogP contribution in [0.4, 0.5) is 34.1 Å². The first-order valence-electron chi connectivity index (χ1n) is 25.4. The van der Waals surface area contributed by atoms with Crippen LogP contribution < -0.4 is 9.80 Å². The molecule has 0 heterocycles. The minimum Gasteiger partial charge on any atom is -0.310 e. The zero-order valence-corrected chi connectivity index (χ0v) is 39.8. The molecule has 3 unspecified atom stereocenters. The summed E-state index contributed by atoms with van der Waals surface area (Å²) in [6.07, 6.45) is 4.62. The van der Waals surface area contributed by atoms with Crippen LogP contribution in [0.3, 0.4) is 0 Å². The molecular formula is C68H54N2. The van der Waals surface area contributed by atoms with Crippen molar-refractivity contribution >= 4 is 44.9 Å². The van der Waals surface area contributed by atoms with Gasteiger partial charge in [0.25, 0.3) is 0 Å². The van der Waals surface area contributed by atoms with Gasteiger partial charge in [-0.2, -0.15) is 0 Å². The highest BCUT2D eigenvalue weighted by Crippen LogP contribution is 2.69. The highest BCUT2D eigenvalue weighted by atomic mass is 15.2. The Morgan fingerprint density at radius 2 is 0.929 bits per heavy atom. The van der Waals surface area contributed by atoms with Crippen LogP contribution in [0.5, 0.6) is 0 Å². The highest BCUT2D eigenvalue weighted by Gasteiger charge is 2.62. The molecule has 2 heteroatoms. The van der Waals surface area contributed by atoms with Crippen molar-refractivity contribution in [2.75, 3.05) is 9.80 Å². The normalized spacial score (nSPS) is 18.7. The standard InChI is InChI=1S/C68H54N2/c1-67(2)59-29-15-14-28-57(59)58-40-39-55(44-60(58)67)70(61-41-36-47-20-12-13-27-56(47)64(61)48-34-32-46(33-35-48)45-18-6-3-7-19-45)63-31-17-22-50-43-52-38-37-51-42-49-21-16-30-62(65(49)68(51,52)66(50)63)69(53-23-8-4-9-24-53)54-25-10-5-11-26-54/h3-36,39-41,44,51-52H,37-38,42-43H2,1-2H3. The van der Waals surface area contributed by atoms with E-state index in [1.54, 1.807) is 0 Å². The third kappa shape index (κ3) is 5.99. The van der Waals surface area contributed by atoms with Gasteiger partial charge in [-0.05, 0) is 164 Å². The lowest BCUT2D eigenvalue weighted by Gasteiger charge is -2.40. The van der Waals surface area contributed by atoms with Crippen LogP contribution in [0.25, 0.3) is 44.2 Å². The van der Waals surface area contributed by atoms with E-state index >= 15 is 0 Å². The first-order chi connectivity index (χ1) is 34.5. The molecule has 0 saturated heterocycles. The third-order valence-electron chi connectivity index (χ3n) is 16.9. The van der Waals surface area contributed by atoms with E-state index < -0.39 is 0 Å². The van der Waals surface area contributed by atoms with Gasteiger partial charge in [-0.3, -0.25) is 0 Å². The number of anilines is 6.